The molecule has 1 aliphatic rings. The van der Waals surface area contributed by atoms with Gasteiger partial charge in [-0.15, -0.1) is 0 Å². The highest BCUT2D eigenvalue weighted by atomic mass is 79.9. The van der Waals surface area contributed by atoms with E-state index >= 15 is 0 Å². The minimum absolute atomic E-state index is 0.0250. The number of likely N-dealkylation sites (tertiary alicyclic amines) is 1. The number of hydrogen-bond donors (Lipinski definition) is 1. The molecular formula is C19H27BrN4O. The van der Waals surface area contributed by atoms with E-state index in [0.717, 1.165) is 53.7 Å². The first-order chi connectivity index (χ1) is 12.1. The van der Waals surface area contributed by atoms with Crippen molar-refractivity contribution in [1.29, 1.82) is 0 Å². The second kappa shape index (κ2) is 8.32. The fraction of sp³-hybridized carbons (Fsp3) is 0.579. The number of carbonyl (C=O) groups is 1. The zero-order valence-electron chi connectivity index (χ0n) is 15.1. The Morgan fingerprint density at radius 3 is 2.80 bits per heavy atom. The molecule has 0 unspecified atom stereocenters. The van der Waals surface area contributed by atoms with Gasteiger partial charge in [0, 0.05) is 12.7 Å². The highest BCUT2D eigenvalue weighted by Gasteiger charge is 2.19. The van der Waals surface area contributed by atoms with Crippen molar-refractivity contribution in [3.05, 3.63) is 33.7 Å². The molecule has 6 heteroatoms. The molecule has 1 aliphatic heterocycles. The van der Waals surface area contributed by atoms with E-state index in [-0.39, 0.29) is 5.91 Å². The number of pyridine rings is 1. The maximum Gasteiger partial charge on any atom is 0.270 e. The van der Waals surface area contributed by atoms with Gasteiger partial charge in [0.25, 0.3) is 5.91 Å². The number of rotatable bonds is 7. The van der Waals surface area contributed by atoms with Crippen LogP contribution in [0, 0.1) is 6.92 Å². The number of carbonyl (C=O) groups excluding carboxylic acids is 1. The number of amides is 1. The molecule has 3 heterocycles. The lowest BCUT2D eigenvalue weighted by Gasteiger charge is -2.14. The van der Waals surface area contributed by atoms with Crippen LogP contribution in [0.2, 0.25) is 0 Å². The Hall–Kier alpha value is -1.40. The fourth-order valence-corrected chi connectivity index (χ4v) is 4.16. The number of fused-ring (bicyclic) bond motifs is 1. The Kier molecular flexibility index (Phi) is 6.12. The zero-order chi connectivity index (χ0) is 17.8. The number of imidazole rings is 1. The largest absolute Gasteiger partial charge is 0.351 e. The van der Waals surface area contributed by atoms with Crippen molar-refractivity contribution in [2.24, 2.45) is 0 Å². The van der Waals surface area contributed by atoms with E-state index in [1.807, 2.05) is 30.5 Å². The summed E-state index contributed by atoms with van der Waals surface area (Å²) in [4.78, 5) is 19.9. The molecule has 2 aromatic rings. The smallest absolute Gasteiger partial charge is 0.270 e. The summed E-state index contributed by atoms with van der Waals surface area (Å²) >= 11 is 3.56. The molecule has 0 aromatic carbocycles. The molecule has 1 saturated heterocycles. The standard InChI is InChI=1S/C19H27BrN4O/c1-3-16-17(24-13-14(2)12-15(20)18(24)22-16)19(25)21-8-4-5-9-23-10-6-7-11-23/h12-13H,3-11H2,1-2H3,(H,21,25). The molecular weight excluding hydrogens is 380 g/mol. The minimum Gasteiger partial charge on any atom is -0.351 e. The van der Waals surface area contributed by atoms with Crippen LogP contribution in [0.25, 0.3) is 5.65 Å². The number of aromatic nitrogens is 2. The predicted octanol–water partition coefficient (Wildman–Crippen LogP) is 3.57. The zero-order valence-corrected chi connectivity index (χ0v) is 16.7. The van der Waals surface area contributed by atoms with E-state index in [0.29, 0.717) is 5.69 Å². The van der Waals surface area contributed by atoms with Crippen LogP contribution in [-0.2, 0) is 6.42 Å². The van der Waals surface area contributed by atoms with Gasteiger partial charge < -0.3 is 10.2 Å². The molecule has 1 amide bonds. The summed E-state index contributed by atoms with van der Waals surface area (Å²) < 4.78 is 2.84. The van der Waals surface area contributed by atoms with Gasteiger partial charge in [-0.3, -0.25) is 9.20 Å². The van der Waals surface area contributed by atoms with Crippen molar-refractivity contribution < 1.29 is 4.79 Å². The second-order valence-electron chi connectivity index (χ2n) is 6.83. The normalized spacial score (nSPS) is 15.2. The van der Waals surface area contributed by atoms with Gasteiger partial charge in [0.2, 0.25) is 0 Å². The summed E-state index contributed by atoms with van der Waals surface area (Å²) in [5.74, 6) is -0.0250. The van der Waals surface area contributed by atoms with E-state index < -0.39 is 0 Å². The number of nitrogens with one attached hydrogen (secondary N) is 1. The first-order valence-corrected chi connectivity index (χ1v) is 10.1. The summed E-state index contributed by atoms with van der Waals surface area (Å²) in [6.45, 7) is 8.41. The minimum atomic E-state index is -0.0250. The quantitative estimate of drug-likeness (QED) is 0.714. The number of nitrogens with zero attached hydrogens (tertiary/aromatic N) is 3. The van der Waals surface area contributed by atoms with Gasteiger partial charge in [0.1, 0.15) is 5.69 Å². The molecule has 3 rings (SSSR count). The molecule has 1 fully saturated rings. The van der Waals surface area contributed by atoms with Gasteiger partial charge >= 0.3 is 0 Å². The molecule has 1 N–H and O–H groups in total. The number of unbranched alkanes of at least 4 members (excludes halogenated alkanes) is 1. The SMILES string of the molecule is CCc1nc2c(Br)cc(C)cn2c1C(=O)NCCCCN1CCCC1. The molecule has 25 heavy (non-hydrogen) atoms. The summed E-state index contributed by atoms with van der Waals surface area (Å²) in [6, 6.07) is 2.03. The molecule has 0 bridgehead atoms. The molecule has 0 atom stereocenters. The molecule has 0 saturated carbocycles. The highest BCUT2D eigenvalue weighted by Crippen LogP contribution is 2.23. The second-order valence-corrected chi connectivity index (χ2v) is 7.69. The van der Waals surface area contributed by atoms with E-state index in [9.17, 15) is 4.79 Å². The van der Waals surface area contributed by atoms with E-state index in [1.54, 1.807) is 0 Å². The monoisotopic (exact) mass is 406 g/mol. The lowest BCUT2D eigenvalue weighted by molar-refractivity contribution is 0.0946. The maximum absolute atomic E-state index is 12.7. The lowest BCUT2D eigenvalue weighted by Crippen LogP contribution is -2.28. The Labute approximate surface area is 157 Å². The predicted molar refractivity (Wildman–Crippen MR) is 104 cm³/mol. The van der Waals surface area contributed by atoms with Gasteiger partial charge in [0.05, 0.1) is 10.2 Å². The molecule has 0 spiro atoms. The van der Waals surface area contributed by atoms with Crippen molar-refractivity contribution in [2.75, 3.05) is 26.2 Å². The molecule has 0 aliphatic carbocycles. The third-order valence-electron chi connectivity index (χ3n) is 4.82. The van der Waals surface area contributed by atoms with Crippen LogP contribution in [0.5, 0.6) is 0 Å². The number of hydrogen-bond acceptors (Lipinski definition) is 3. The Morgan fingerprint density at radius 2 is 2.08 bits per heavy atom. The van der Waals surface area contributed by atoms with Crippen molar-refractivity contribution in [3.63, 3.8) is 0 Å². The van der Waals surface area contributed by atoms with Crippen LogP contribution in [0.1, 0.15) is 54.4 Å². The number of halogens is 1. The van der Waals surface area contributed by atoms with Crippen LogP contribution in [0.4, 0.5) is 0 Å². The van der Waals surface area contributed by atoms with Crippen LogP contribution < -0.4 is 5.32 Å². The maximum atomic E-state index is 12.7. The summed E-state index contributed by atoms with van der Waals surface area (Å²) in [6.07, 6.45) is 7.54. The molecule has 2 aromatic heterocycles. The van der Waals surface area contributed by atoms with Crippen LogP contribution in [0.3, 0.4) is 0 Å². The average molecular weight is 407 g/mol. The van der Waals surface area contributed by atoms with Gasteiger partial charge in [-0.2, -0.15) is 0 Å². The van der Waals surface area contributed by atoms with Crippen LogP contribution >= 0.6 is 15.9 Å². The van der Waals surface area contributed by atoms with Gasteiger partial charge in [-0.05, 0) is 86.2 Å². The van der Waals surface area contributed by atoms with Gasteiger partial charge in [-0.25, -0.2) is 4.98 Å². The lowest BCUT2D eigenvalue weighted by atomic mass is 10.2. The van der Waals surface area contributed by atoms with Crippen LogP contribution in [-0.4, -0.2) is 46.4 Å². The topological polar surface area (TPSA) is 49.6 Å². The molecule has 5 nitrogen and oxygen atoms in total. The van der Waals surface area contributed by atoms with Gasteiger partial charge in [0.15, 0.2) is 5.65 Å². The van der Waals surface area contributed by atoms with Crippen molar-refractivity contribution in [2.45, 2.75) is 46.0 Å². The third-order valence-corrected chi connectivity index (χ3v) is 5.40. The molecule has 136 valence electrons. The summed E-state index contributed by atoms with van der Waals surface area (Å²) in [5, 5.41) is 3.08. The summed E-state index contributed by atoms with van der Waals surface area (Å²) in [7, 11) is 0. The molecule has 0 radical (unpaired) electrons. The number of aryl methyl sites for hydroxylation is 2. The van der Waals surface area contributed by atoms with E-state index in [2.05, 4.69) is 31.1 Å². The average Bonchev–Trinajstić information content (AvgIpc) is 3.21. The van der Waals surface area contributed by atoms with Gasteiger partial charge in [-0.1, -0.05) is 6.92 Å². The summed E-state index contributed by atoms with van der Waals surface area (Å²) in [5.41, 5.74) is 3.42. The van der Waals surface area contributed by atoms with Crippen molar-refractivity contribution in [1.82, 2.24) is 19.6 Å². The van der Waals surface area contributed by atoms with E-state index in [1.165, 1.54) is 25.9 Å². The fourth-order valence-electron chi connectivity index (χ4n) is 3.52. The Bertz CT molecular complexity index is 749. The van der Waals surface area contributed by atoms with E-state index in [4.69, 9.17) is 0 Å². The Balaban J connectivity index is 1.63. The first-order valence-electron chi connectivity index (χ1n) is 9.27. The van der Waals surface area contributed by atoms with Crippen LogP contribution in [0.15, 0.2) is 16.7 Å². The first kappa shape index (κ1) is 18.4. The van der Waals surface area contributed by atoms with Crippen molar-refractivity contribution in [3.8, 4) is 0 Å². The Morgan fingerprint density at radius 1 is 1.32 bits per heavy atom. The van der Waals surface area contributed by atoms with Crippen molar-refractivity contribution >= 4 is 27.5 Å². The third kappa shape index (κ3) is 4.23. The highest BCUT2D eigenvalue weighted by molar-refractivity contribution is 9.10.